The van der Waals surface area contributed by atoms with Gasteiger partial charge >= 0.3 is 0 Å². The van der Waals surface area contributed by atoms with Gasteiger partial charge in [0.1, 0.15) is 0 Å². The van der Waals surface area contributed by atoms with Crippen LogP contribution in [0.15, 0.2) is 72.9 Å². The molecule has 3 N–H and O–H groups in total. The van der Waals surface area contributed by atoms with Crippen molar-refractivity contribution >= 4 is 33.9 Å². The lowest BCUT2D eigenvalue weighted by atomic mass is 9.90. The van der Waals surface area contributed by atoms with Crippen molar-refractivity contribution in [1.29, 1.82) is 0 Å². The van der Waals surface area contributed by atoms with E-state index in [-0.39, 0.29) is 5.92 Å². The molecule has 0 aliphatic heterocycles. The molecule has 1 heterocycles. The number of nitrogens with one attached hydrogen (secondary N) is 3. The summed E-state index contributed by atoms with van der Waals surface area (Å²) in [4.78, 5) is 3.39. The summed E-state index contributed by atoms with van der Waals surface area (Å²) in [6.45, 7) is 2.64. The second-order valence-electron chi connectivity index (χ2n) is 7.57. The molecule has 0 saturated heterocycles. The average molecular weight is 446 g/mol. The van der Waals surface area contributed by atoms with Gasteiger partial charge in [0.2, 0.25) is 0 Å². The van der Waals surface area contributed by atoms with Gasteiger partial charge in [0.15, 0.2) is 16.6 Å². The number of hydrogen-bond donors (Lipinski definition) is 3. The van der Waals surface area contributed by atoms with Crippen molar-refractivity contribution < 1.29 is 9.47 Å². The standard InChI is InChI=1S/C26H27N3O2S/c1-17-9-4-6-12-22(17)29-26(32)28-16-21(19-11-8-14-24(30-2)25(19)31-3)20-15-27-23-13-7-5-10-18(20)23/h4-15,21,27H,16H2,1-3H3,(H2,28,29,32). The van der Waals surface area contributed by atoms with E-state index in [9.17, 15) is 0 Å². The van der Waals surface area contributed by atoms with Gasteiger partial charge in [0, 0.05) is 40.8 Å². The van der Waals surface area contributed by atoms with Crippen LogP contribution in [-0.4, -0.2) is 30.9 Å². The molecule has 32 heavy (non-hydrogen) atoms. The molecule has 0 amide bonds. The molecule has 0 aliphatic rings. The third-order valence-corrected chi connectivity index (χ3v) is 5.91. The predicted octanol–water partition coefficient (Wildman–Crippen LogP) is 5.61. The number of rotatable bonds is 7. The van der Waals surface area contributed by atoms with Gasteiger partial charge in [-0.25, -0.2) is 0 Å². The van der Waals surface area contributed by atoms with Crippen molar-refractivity contribution in [2.45, 2.75) is 12.8 Å². The Morgan fingerprint density at radius 1 is 0.938 bits per heavy atom. The first-order valence-corrected chi connectivity index (χ1v) is 10.9. The number of thiocarbonyl (C=S) groups is 1. The fourth-order valence-corrected chi connectivity index (χ4v) is 4.22. The number of aromatic amines is 1. The van der Waals surface area contributed by atoms with E-state index in [1.165, 1.54) is 10.9 Å². The number of hydrogen-bond acceptors (Lipinski definition) is 3. The Bertz CT molecular complexity index is 1230. The van der Waals surface area contributed by atoms with Crippen LogP contribution in [-0.2, 0) is 0 Å². The fourth-order valence-electron chi connectivity index (χ4n) is 4.03. The minimum Gasteiger partial charge on any atom is -0.493 e. The number of aryl methyl sites for hydroxylation is 1. The van der Waals surface area contributed by atoms with Crippen LogP contribution in [0.1, 0.15) is 22.6 Å². The molecule has 164 valence electrons. The molecule has 4 aromatic rings. The number of methoxy groups -OCH3 is 2. The fraction of sp³-hybridized carbons (Fsp3) is 0.192. The number of fused-ring (bicyclic) bond motifs is 1. The van der Waals surface area contributed by atoms with Crippen LogP contribution in [0.25, 0.3) is 10.9 Å². The second kappa shape index (κ2) is 9.75. The highest BCUT2D eigenvalue weighted by atomic mass is 32.1. The SMILES string of the molecule is COc1cccc(C(CNC(=S)Nc2ccccc2C)c2c[nH]c3ccccc23)c1OC. The smallest absolute Gasteiger partial charge is 0.170 e. The third kappa shape index (κ3) is 4.41. The maximum absolute atomic E-state index is 5.77. The van der Waals surface area contributed by atoms with Gasteiger partial charge in [-0.1, -0.05) is 48.5 Å². The Hall–Kier alpha value is -3.51. The Labute approximate surface area is 193 Å². The zero-order chi connectivity index (χ0) is 22.5. The summed E-state index contributed by atoms with van der Waals surface area (Å²) < 4.78 is 11.3. The molecule has 1 aromatic heterocycles. The van der Waals surface area contributed by atoms with E-state index < -0.39 is 0 Å². The Morgan fingerprint density at radius 2 is 1.72 bits per heavy atom. The molecule has 0 fully saturated rings. The van der Waals surface area contributed by atoms with E-state index in [0.29, 0.717) is 17.4 Å². The van der Waals surface area contributed by atoms with Crippen molar-refractivity contribution in [3.8, 4) is 11.5 Å². The van der Waals surface area contributed by atoms with Crippen LogP contribution in [0.4, 0.5) is 5.69 Å². The molecule has 0 spiro atoms. The summed E-state index contributed by atoms with van der Waals surface area (Å²) >= 11 is 5.61. The predicted molar refractivity (Wildman–Crippen MR) is 135 cm³/mol. The molecule has 4 rings (SSSR count). The summed E-state index contributed by atoms with van der Waals surface area (Å²) in [6, 6.07) is 22.4. The summed E-state index contributed by atoms with van der Waals surface area (Å²) in [5.41, 5.74) is 5.42. The Balaban J connectivity index is 1.67. The first-order chi connectivity index (χ1) is 15.6. The highest BCUT2D eigenvalue weighted by Crippen LogP contribution is 2.40. The highest BCUT2D eigenvalue weighted by Gasteiger charge is 2.24. The first kappa shape index (κ1) is 21.7. The van der Waals surface area contributed by atoms with Gasteiger partial charge in [0.25, 0.3) is 0 Å². The van der Waals surface area contributed by atoms with Crippen molar-refractivity contribution in [1.82, 2.24) is 10.3 Å². The van der Waals surface area contributed by atoms with Crippen LogP contribution in [0, 0.1) is 6.92 Å². The molecule has 3 aromatic carbocycles. The minimum absolute atomic E-state index is 0.0205. The lowest BCUT2D eigenvalue weighted by Gasteiger charge is -2.23. The molecule has 1 unspecified atom stereocenters. The van der Waals surface area contributed by atoms with Crippen molar-refractivity contribution in [3.63, 3.8) is 0 Å². The van der Waals surface area contributed by atoms with Gasteiger partial charge in [-0.2, -0.15) is 0 Å². The Kier molecular flexibility index (Phi) is 6.61. The number of para-hydroxylation sites is 3. The molecular formula is C26H27N3O2S. The number of anilines is 1. The average Bonchev–Trinajstić information content (AvgIpc) is 3.24. The van der Waals surface area contributed by atoms with Crippen LogP contribution in [0.5, 0.6) is 11.5 Å². The van der Waals surface area contributed by atoms with E-state index >= 15 is 0 Å². The molecule has 0 bridgehead atoms. The molecule has 5 nitrogen and oxygen atoms in total. The van der Waals surface area contributed by atoms with Crippen LogP contribution in [0.3, 0.4) is 0 Å². The molecular weight excluding hydrogens is 418 g/mol. The summed E-state index contributed by atoms with van der Waals surface area (Å²) in [7, 11) is 3.33. The van der Waals surface area contributed by atoms with Crippen molar-refractivity contribution in [2.75, 3.05) is 26.1 Å². The quantitative estimate of drug-likeness (QED) is 0.323. The van der Waals surface area contributed by atoms with Gasteiger partial charge in [-0.3, -0.25) is 0 Å². The zero-order valence-corrected chi connectivity index (χ0v) is 19.3. The monoisotopic (exact) mass is 445 g/mol. The van der Waals surface area contributed by atoms with E-state index in [0.717, 1.165) is 28.1 Å². The van der Waals surface area contributed by atoms with Crippen LogP contribution >= 0.6 is 12.2 Å². The minimum atomic E-state index is -0.0205. The van der Waals surface area contributed by atoms with Gasteiger partial charge in [-0.15, -0.1) is 0 Å². The first-order valence-electron chi connectivity index (χ1n) is 10.5. The number of benzene rings is 3. The Morgan fingerprint density at radius 3 is 2.50 bits per heavy atom. The molecule has 1 atom stereocenters. The van der Waals surface area contributed by atoms with Crippen LogP contribution in [0.2, 0.25) is 0 Å². The maximum atomic E-state index is 5.77. The largest absolute Gasteiger partial charge is 0.493 e. The van der Waals surface area contributed by atoms with Crippen molar-refractivity contribution in [2.24, 2.45) is 0 Å². The lowest BCUT2D eigenvalue weighted by molar-refractivity contribution is 0.350. The highest BCUT2D eigenvalue weighted by molar-refractivity contribution is 7.80. The summed E-state index contributed by atoms with van der Waals surface area (Å²) in [5, 5.41) is 8.46. The molecule has 0 saturated carbocycles. The van der Waals surface area contributed by atoms with Crippen molar-refractivity contribution in [3.05, 3.63) is 89.6 Å². The van der Waals surface area contributed by atoms with E-state index in [1.807, 2.05) is 36.4 Å². The summed E-state index contributed by atoms with van der Waals surface area (Å²) in [6.07, 6.45) is 2.06. The topological polar surface area (TPSA) is 58.3 Å². The van der Waals surface area contributed by atoms with Gasteiger partial charge in [-0.05, 0) is 48.5 Å². The third-order valence-electron chi connectivity index (χ3n) is 5.67. The number of ether oxygens (including phenoxy) is 2. The van der Waals surface area contributed by atoms with E-state index in [4.69, 9.17) is 21.7 Å². The van der Waals surface area contributed by atoms with E-state index in [1.54, 1.807) is 14.2 Å². The normalized spacial score (nSPS) is 11.7. The van der Waals surface area contributed by atoms with E-state index in [2.05, 4.69) is 59.1 Å². The molecule has 0 radical (unpaired) electrons. The van der Waals surface area contributed by atoms with Gasteiger partial charge in [0.05, 0.1) is 14.2 Å². The second-order valence-corrected chi connectivity index (χ2v) is 7.98. The van der Waals surface area contributed by atoms with Gasteiger partial charge < -0.3 is 25.1 Å². The van der Waals surface area contributed by atoms with Crippen LogP contribution < -0.4 is 20.1 Å². The maximum Gasteiger partial charge on any atom is 0.170 e. The number of H-pyrrole nitrogens is 1. The zero-order valence-electron chi connectivity index (χ0n) is 18.4. The molecule has 0 aliphatic carbocycles. The number of aromatic nitrogens is 1. The molecule has 6 heteroatoms. The summed E-state index contributed by atoms with van der Waals surface area (Å²) in [5.74, 6) is 1.41. The lowest BCUT2D eigenvalue weighted by Crippen LogP contribution is -2.32.